The number of para-hydroxylation sites is 1. The normalized spacial score (nSPS) is 20.7. The van der Waals surface area contributed by atoms with E-state index in [0.29, 0.717) is 6.04 Å². The van der Waals surface area contributed by atoms with Crippen molar-refractivity contribution in [2.24, 2.45) is 4.99 Å². The van der Waals surface area contributed by atoms with Crippen LogP contribution in [0.2, 0.25) is 0 Å². The Morgan fingerprint density at radius 2 is 1.74 bits per heavy atom. The summed E-state index contributed by atoms with van der Waals surface area (Å²) < 4.78 is 0. The van der Waals surface area contributed by atoms with Crippen LogP contribution in [-0.4, -0.2) is 17.3 Å². The van der Waals surface area contributed by atoms with E-state index in [2.05, 4.69) is 59.5 Å². The number of hydrogen-bond donors (Lipinski definition) is 0. The molecule has 0 saturated carbocycles. The molecule has 2 aromatic carbocycles. The van der Waals surface area contributed by atoms with Crippen molar-refractivity contribution in [2.75, 3.05) is 6.54 Å². The lowest BCUT2D eigenvalue weighted by Gasteiger charge is -2.34. The number of nitrogens with zero attached hydrogens (tertiary/aromatic N) is 2. The van der Waals surface area contributed by atoms with Crippen LogP contribution in [-0.2, 0) is 0 Å². The molecule has 19 heavy (non-hydrogen) atoms. The summed E-state index contributed by atoms with van der Waals surface area (Å²) in [5.41, 5.74) is 3.84. The molecule has 0 N–H and O–H groups in total. The molecule has 1 saturated heterocycles. The van der Waals surface area contributed by atoms with E-state index in [-0.39, 0.29) is 0 Å². The molecule has 1 fully saturated rings. The van der Waals surface area contributed by atoms with Gasteiger partial charge in [-0.2, -0.15) is 0 Å². The van der Waals surface area contributed by atoms with Crippen LogP contribution in [0.1, 0.15) is 30.0 Å². The van der Waals surface area contributed by atoms with Gasteiger partial charge in [0, 0.05) is 18.5 Å². The molecule has 2 aliphatic rings. The summed E-state index contributed by atoms with van der Waals surface area (Å²) in [6, 6.07) is 19.7. The first-order chi connectivity index (χ1) is 9.43. The van der Waals surface area contributed by atoms with E-state index in [4.69, 9.17) is 4.99 Å². The Morgan fingerprint density at radius 3 is 2.63 bits per heavy atom. The van der Waals surface area contributed by atoms with Crippen LogP contribution < -0.4 is 0 Å². The zero-order valence-electron chi connectivity index (χ0n) is 10.8. The maximum absolute atomic E-state index is 4.83. The molecule has 0 spiro atoms. The molecule has 2 heterocycles. The van der Waals surface area contributed by atoms with Crippen molar-refractivity contribution in [2.45, 2.75) is 18.9 Å². The van der Waals surface area contributed by atoms with Gasteiger partial charge < -0.3 is 4.90 Å². The zero-order chi connectivity index (χ0) is 12.7. The molecule has 0 bridgehead atoms. The smallest absolute Gasteiger partial charge is 0.106 e. The minimum atomic E-state index is 0.340. The Hall–Kier alpha value is -2.09. The summed E-state index contributed by atoms with van der Waals surface area (Å²) in [5, 5.41) is 0. The van der Waals surface area contributed by atoms with Gasteiger partial charge in [-0.05, 0) is 18.1 Å². The van der Waals surface area contributed by atoms with E-state index in [1.54, 1.807) is 0 Å². The van der Waals surface area contributed by atoms with E-state index in [9.17, 15) is 0 Å². The SMILES string of the molecule is c1ccc(C2c3ccccc3N=C3CCCN32)cc1. The van der Waals surface area contributed by atoms with Gasteiger partial charge in [-0.3, -0.25) is 0 Å². The van der Waals surface area contributed by atoms with Crippen molar-refractivity contribution in [3.63, 3.8) is 0 Å². The van der Waals surface area contributed by atoms with E-state index in [1.807, 2.05) is 0 Å². The molecule has 2 nitrogen and oxygen atoms in total. The Kier molecular flexibility index (Phi) is 2.41. The van der Waals surface area contributed by atoms with Gasteiger partial charge in [0.05, 0.1) is 11.7 Å². The summed E-state index contributed by atoms with van der Waals surface area (Å²) in [6.45, 7) is 1.12. The quantitative estimate of drug-likeness (QED) is 0.747. The third kappa shape index (κ3) is 1.67. The average molecular weight is 248 g/mol. The third-order valence-electron chi connectivity index (χ3n) is 4.04. The van der Waals surface area contributed by atoms with E-state index >= 15 is 0 Å². The summed E-state index contributed by atoms with van der Waals surface area (Å²) in [5.74, 6) is 1.26. The van der Waals surface area contributed by atoms with Crippen molar-refractivity contribution >= 4 is 11.5 Å². The number of benzene rings is 2. The molecule has 1 atom stereocenters. The number of fused-ring (bicyclic) bond motifs is 2. The standard InChI is InChI=1S/C17H16N2/c1-2-7-13(8-3-1)17-14-9-4-5-10-15(14)18-16-11-6-12-19(16)17/h1-5,7-10,17H,6,11-12H2. The highest BCUT2D eigenvalue weighted by Gasteiger charge is 2.33. The summed E-state index contributed by atoms with van der Waals surface area (Å²) in [4.78, 5) is 7.30. The summed E-state index contributed by atoms with van der Waals surface area (Å²) >= 11 is 0. The Labute approximate surface area is 113 Å². The fraction of sp³-hybridized carbons (Fsp3) is 0.235. The van der Waals surface area contributed by atoms with Gasteiger partial charge in [0.1, 0.15) is 5.84 Å². The lowest BCUT2D eigenvalue weighted by Crippen LogP contribution is -2.33. The third-order valence-corrected chi connectivity index (χ3v) is 4.04. The molecule has 0 aromatic heterocycles. The van der Waals surface area contributed by atoms with Crippen LogP contribution in [0.15, 0.2) is 59.6 Å². The van der Waals surface area contributed by atoms with Crippen molar-refractivity contribution < 1.29 is 0 Å². The van der Waals surface area contributed by atoms with Gasteiger partial charge in [0.15, 0.2) is 0 Å². The molecule has 4 rings (SSSR count). The molecule has 1 unspecified atom stereocenters. The first-order valence-corrected chi connectivity index (χ1v) is 6.91. The topological polar surface area (TPSA) is 15.6 Å². The molecule has 0 amide bonds. The highest BCUT2D eigenvalue weighted by molar-refractivity contribution is 5.89. The minimum Gasteiger partial charge on any atom is -0.349 e. The lowest BCUT2D eigenvalue weighted by molar-refractivity contribution is 0.381. The van der Waals surface area contributed by atoms with Gasteiger partial charge in [0.2, 0.25) is 0 Å². The molecule has 2 aliphatic heterocycles. The molecule has 0 radical (unpaired) electrons. The Bertz CT molecular complexity index is 631. The van der Waals surface area contributed by atoms with E-state index < -0.39 is 0 Å². The first-order valence-electron chi connectivity index (χ1n) is 6.91. The fourth-order valence-electron chi connectivity index (χ4n) is 3.20. The molecule has 2 heteroatoms. The monoisotopic (exact) mass is 248 g/mol. The molecular formula is C17H16N2. The van der Waals surface area contributed by atoms with Gasteiger partial charge >= 0.3 is 0 Å². The van der Waals surface area contributed by atoms with Crippen molar-refractivity contribution in [3.05, 3.63) is 65.7 Å². The largest absolute Gasteiger partial charge is 0.349 e. The fourth-order valence-corrected chi connectivity index (χ4v) is 3.20. The van der Waals surface area contributed by atoms with Crippen LogP contribution >= 0.6 is 0 Å². The molecule has 2 aromatic rings. The van der Waals surface area contributed by atoms with Gasteiger partial charge in [0.25, 0.3) is 0 Å². The predicted octanol–water partition coefficient (Wildman–Crippen LogP) is 3.92. The molecule has 94 valence electrons. The first kappa shape index (κ1) is 10.8. The Balaban J connectivity index is 1.91. The van der Waals surface area contributed by atoms with Crippen molar-refractivity contribution in [3.8, 4) is 0 Å². The second-order valence-electron chi connectivity index (χ2n) is 5.20. The van der Waals surface area contributed by atoms with E-state index in [0.717, 1.165) is 18.7 Å². The molecule has 0 aliphatic carbocycles. The lowest BCUT2D eigenvalue weighted by atomic mass is 9.94. The molecular weight excluding hydrogens is 232 g/mol. The average Bonchev–Trinajstić information content (AvgIpc) is 2.93. The maximum Gasteiger partial charge on any atom is 0.106 e. The Morgan fingerprint density at radius 1 is 0.947 bits per heavy atom. The zero-order valence-corrected chi connectivity index (χ0v) is 10.8. The van der Waals surface area contributed by atoms with Gasteiger partial charge in [-0.1, -0.05) is 48.5 Å². The number of amidine groups is 1. The number of hydrogen-bond acceptors (Lipinski definition) is 2. The summed E-state index contributed by atoms with van der Waals surface area (Å²) in [6.07, 6.45) is 2.33. The maximum atomic E-state index is 4.83. The second-order valence-corrected chi connectivity index (χ2v) is 5.20. The van der Waals surface area contributed by atoms with Crippen LogP contribution in [0.4, 0.5) is 5.69 Å². The van der Waals surface area contributed by atoms with Gasteiger partial charge in [-0.25, -0.2) is 4.99 Å². The van der Waals surface area contributed by atoms with Crippen LogP contribution in [0.5, 0.6) is 0 Å². The highest BCUT2D eigenvalue weighted by atomic mass is 15.2. The van der Waals surface area contributed by atoms with Crippen molar-refractivity contribution in [1.82, 2.24) is 4.90 Å². The van der Waals surface area contributed by atoms with Crippen molar-refractivity contribution in [1.29, 1.82) is 0 Å². The van der Waals surface area contributed by atoms with Crippen LogP contribution in [0, 0.1) is 0 Å². The number of aliphatic imine (C=N–C) groups is 1. The minimum absolute atomic E-state index is 0.340. The predicted molar refractivity (Wildman–Crippen MR) is 77.8 cm³/mol. The summed E-state index contributed by atoms with van der Waals surface area (Å²) in [7, 11) is 0. The van der Waals surface area contributed by atoms with Crippen LogP contribution in [0.3, 0.4) is 0 Å². The highest BCUT2D eigenvalue weighted by Crippen LogP contribution is 2.41. The second kappa shape index (κ2) is 4.23. The van der Waals surface area contributed by atoms with E-state index in [1.165, 1.54) is 23.4 Å². The van der Waals surface area contributed by atoms with Gasteiger partial charge in [-0.15, -0.1) is 0 Å². The van der Waals surface area contributed by atoms with Crippen LogP contribution in [0.25, 0.3) is 0 Å². The number of rotatable bonds is 1.